The third-order valence-electron chi connectivity index (χ3n) is 4.48. The number of hydrogen-bond donors (Lipinski definition) is 0. The second-order valence-corrected chi connectivity index (χ2v) is 9.36. The van der Waals surface area contributed by atoms with Crippen molar-refractivity contribution in [3.63, 3.8) is 0 Å². The fraction of sp³-hybridized carbons (Fsp3) is 0.947. The summed E-state index contributed by atoms with van der Waals surface area (Å²) in [6.07, 6.45) is 12.6. The van der Waals surface area contributed by atoms with Gasteiger partial charge in [-0.05, 0) is 6.42 Å². The molecule has 6 nitrogen and oxygen atoms in total. The molecule has 26 heavy (non-hydrogen) atoms. The van der Waals surface area contributed by atoms with Crippen molar-refractivity contribution in [2.75, 3.05) is 39.5 Å². The SMILES string of the molecule is CCCCCCCCCCCCOC(=O)C[N+](C)(C)CCCS(=O)(=O)[O-]. The highest BCUT2D eigenvalue weighted by Gasteiger charge is 2.21. The van der Waals surface area contributed by atoms with Gasteiger partial charge in [0.25, 0.3) is 0 Å². The summed E-state index contributed by atoms with van der Waals surface area (Å²) in [5, 5.41) is 0. The average Bonchev–Trinajstić information content (AvgIpc) is 2.50. The molecule has 0 heterocycles. The maximum Gasteiger partial charge on any atom is 0.361 e. The fourth-order valence-corrected chi connectivity index (χ4v) is 3.40. The molecule has 0 aromatic heterocycles. The van der Waals surface area contributed by atoms with Gasteiger partial charge < -0.3 is 13.8 Å². The number of hydrogen-bond acceptors (Lipinski definition) is 5. The summed E-state index contributed by atoms with van der Waals surface area (Å²) in [5.41, 5.74) is 0. The van der Waals surface area contributed by atoms with E-state index in [1.165, 1.54) is 51.4 Å². The van der Waals surface area contributed by atoms with Crippen LogP contribution in [-0.4, -0.2) is 63.0 Å². The number of quaternary nitrogens is 1. The van der Waals surface area contributed by atoms with Crippen LogP contribution in [0, 0.1) is 0 Å². The highest BCUT2D eigenvalue weighted by molar-refractivity contribution is 7.85. The summed E-state index contributed by atoms with van der Waals surface area (Å²) in [6, 6.07) is 0. The lowest BCUT2D eigenvalue weighted by atomic mass is 10.1. The summed E-state index contributed by atoms with van der Waals surface area (Å²) in [5.74, 6) is -0.654. The van der Waals surface area contributed by atoms with Gasteiger partial charge in [-0.1, -0.05) is 64.7 Å². The van der Waals surface area contributed by atoms with Crippen molar-refractivity contribution in [2.45, 2.75) is 77.6 Å². The maximum absolute atomic E-state index is 11.9. The Morgan fingerprint density at radius 3 is 1.88 bits per heavy atom. The van der Waals surface area contributed by atoms with Crippen LogP contribution >= 0.6 is 0 Å². The lowest BCUT2D eigenvalue weighted by Gasteiger charge is -2.28. The van der Waals surface area contributed by atoms with Crippen molar-refractivity contribution < 1.29 is 27.0 Å². The quantitative estimate of drug-likeness (QED) is 0.163. The first-order valence-corrected chi connectivity index (χ1v) is 11.7. The number of esters is 1. The molecule has 0 saturated carbocycles. The Bertz CT molecular complexity index is 463. The molecule has 0 aliphatic carbocycles. The number of ether oxygens (including phenoxy) is 1. The number of rotatable bonds is 17. The van der Waals surface area contributed by atoms with Crippen molar-refractivity contribution in [1.29, 1.82) is 0 Å². The molecule has 156 valence electrons. The molecule has 0 aromatic rings. The van der Waals surface area contributed by atoms with E-state index >= 15 is 0 Å². The molecule has 0 aliphatic rings. The zero-order valence-corrected chi connectivity index (χ0v) is 17.8. The van der Waals surface area contributed by atoms with E-state index in [1.54, 1.807) is 0 Å². The molecule has 7 heteroatoms. The Morgan fingerprint density at radius 1 is 0.885 bits per heavy atom. The minimum Gasteiger partial charge on any atom is -0.748 e. The molecule has 0 spiro atoms. The van der Waals surface area contributed by atoms with E-state index in [9.17, 15) is 17.8 Å². The van der Waals surface area contributed by atoms with Gasteiger partial charge in [0.15, 0.2) is 6.54 Å². The molecule has 0 radical (unpaired) electrons. The predicted octanol–water partition coefficient (Wildman–Crippen LogP) is 3.46. The van der Waals surface area contributed by atoms with Crippen molar-refractivity contribution in [3.8, 4) is 0 Å². The zero-order chi connectivity index (χ0) is 19.9. The topological polar surface area (TPSA) is 83.5 Å². The fourth-order valence-electron chi connectivity index (χ4n) is 2.92. The highest BCUT2D eigenvalue weighted by Crippen LogP contribution is 2.10. The molecule has 0 aliphatic heterocycles. The zero-order valence-electron chi connectivity index (χ0n) is 17.0. The van der Waals surface area contributed by atoms with Gasteiger partial charge in [0.1, 0.15) is 0 Å². The van der Waals surface area contributed by atoms with Crippen LogP contribution in [0.15, 0.2) is 0 Å². The largest absolute Gasteiger partial charge is 0.748 e. The average molecular weight is 394 g/mol. The standard InChI is InChI=1S/C19H39NO5S/c1-4-5-6-7-8-9-10-11-12-13-16-25-19(21)18-20(2,3)15-14-17-26(22,23)24/h4-18H2,1-3H3. The van der Waals surface area contributed by atoms with Crippen LogP contribution in [0.3, 0.4) is 0 Å². The van der Waals surface area contributed by atoms with Gasteiger partial charge in [-0.15, -0.1) is 0 Å². The van der Waals surface area contributed by atoms with Gasteiger partial charge in [-0.2, -0.15) is 0 Å². The first kappa shape index (κ1) is 25.3. The van der Waals surface area contributed by atoms with Gasteiger partial charge in [-0.3, -0.25) is 0 Å². The number of unbranched alkanes of at least 4 members (excludes halogenated alkanes) is 9. The molecule has 0 unspecified atom stereocenters. The number of nitrogens with zero attached hydrogens (tertiary/aromatic N) is 1. The minimum atomic E-state index is -4.18. The van der Waals surface area contributed by atoms with Crippen LogP contribution in [0.2, 0.25) is 0 Å². The maximum atomic E-state index is 11.9. The second-order valence-electron chi connectivity index (χ2n) is 7.84. The molecule has 0 fully saturated rings. The van der Waals surface area contributed by atoms with Crippen molar-refractivity contribution in [2.24, 2.45) is 0 Å². The van der Waals surface area contributed by atoms with Crippen LogP contribution in [0.25, 0.3) is 0 Å². The van der Waals surface area contributed by atoms with Crippen LogP contribution in [-0.2, 0) is 19.6 Å². The molecule has 0 amide bonds. The lowest BCUT2D eigenvalue weighted by molar-refractivity contribution is -0.883. The van der Waals surface area contributed by atoms with Crippen LogP contribution in [0.4, 0.5) is 0 Å². The Morgan fingerprint density at radius 2 is 1.38 bits per heavy atom. The van der Waals surface area contributed by atoms with E-state index in [-0.39, 0.29) is 24.7 Å². The molecular formula is C19H39NO5S. The Hall–Kier alpha value is -0.660. The molecule has 0 aromatic carbocycles. The van der Waals surface area contributed by atoms with Crippen LogP contribution in [0.1, 0.15) is 77.6 Å². The van der Waals surface area contributed by atoms with Crippen LogP contribution < -0.4 is 0 Å². The van der Waals surface area contributed by atoms with Gasteiger partial charge >= 0.3 is 5.97 Å². The van der Waals surface area contributed by atoms with Gasteiger partial charge in [0, 0.05) is 12.2 Å². The van der Waals surface area contributed by atoms with Crippen molar-refractivity contribution in [1.82, 2.24) is 0 Å². The van der Waals surface area contributed by atoms with E-state index in [2.05, 4.69) is 6.92 Å². The van der Waals surface area contributed by atoms with Gasteiger partial charge in [-0.25, -0.2) is 13.2 Å². The molecular weight excluding hydrogens is 354 g/mol. The summed E-state index contributed by atoms with van der Waals surface area (Å²) in [7, 11) is -0.520. The molecule has 0 saturated heterocycles. The van der Waals surface area contributed by atoms with Crippen LogP contribution in [0.5, 0.6) is 0 Å². The summed E-state index contributed by atoms with van der Waals surface area (Å²) in [6.45, 7) is 3.32. The molecule has 0 bridgehead atoms. The number of carbonyl (C=O) groups is 1. The number of likely N-dealkylation sites (N-methyl/N-ethyl adjacent to an activating group) is 1. The lowest BCUT2D eigenvalue weighted by Crippen LogP contribution is -2.45. The molecule has 0 N–H and O–H groups in total. The molecule has 0 rings (SSSR count). The number of carbonyl (C=O) groups excluding carboxylic acids is 1. The summed E-state index contributed by atoms with van der Waals surface area (Å²) < 4.78 is 37.4. The third kappa shape index (κ3) is 18.1. The van der Waals surface area contributed by atoms with E-state index in [4.69, 9.17) is 4.74 Å². The smallest absolute Gasteiger partial charge is 0.361 e. The van der Waals surface area contributed by atoms with Gasteiger partial charge in [0.05, 0.1) is 37.4 Å². The van der Waals surface area contributed by atoms with E-state index in [0.29, 0.717) is 17.6 Å². The predicted molar refractivity (Wildman–Crippen MR) is 104 cm³/mol. The van der Waals surface area contributed by atoms with E-state index in [1.807, 2.05) is 14.1 Å². The second kappa shape index (κ2) is 14.4. The third-order valence-corrected chi connectivity index (χ3v) is 5.26. The first-order chi connectivity index (χ1) is 12.2. The van der Waals surface area contributed by atoms with Gasteiger partial charge in [0.2, 0.25) is 0 Å². The first-order valence-electron chi connectivity index (χ1n) is 10.1. The normalized spacial score (nSPS) is 12.3. The Kier molecular flexibility index (Phi) is 14.0. The highest BCUT2D eigenvalue weighted by atomic mass is 32.2. The summed E-state index contributed by atoms with van der Waals surface area (Å²) >= 11 is 0. The van der Waals surface area contributed by atoms with Crippen molar-refractivity contribution in [3.05, 3.63) is 0 Å². The summed E-state index contributed by atoms with van der Waals surface area (Å²) in [4.78, 5) is 11.9. The van der Waals surface area contributed by atoms with Crippen molar-refractivity contribution >= 4 is 16.1 Å². The molecule has 0 atom stereocenters. The van der Waals surface area contributed by atoms with E-state index < -0.39 is 10.1 Å². The monoisotopic (exact) mass is 393 g/mol. The Balaban J connectivity index is 3.58. The minimum absolute atomic E-state index is 0.191. The van der Waals surface area contributed by atoms with E-state index in [0.717, 1.165) is 12.8 Å². The Labute approximate surface area is 160 Å².